The topological polar surface area (TPSA) is 44.4 Å². The Bertz CT molecular complexity index is 225. The van der Waals surface area contributed by atoms with Crippen LogP contribution in [0.4, 0.5) is 0 Å². The van der Waals surface area contributed by atoms with Crippen LogP contribution in [0.5, 0.6) is 0 Å². The maximum absolute atomic E-state index is 11.6. The quantitative estimate of drug-likeness (QED) is 0.694. The number of carbonyl (C=O) groups excluding carboxylic acids is 1. The number of amides is 1. The second-order valence-electron chi connectivity index (χ2n) is 5.52. The Balaban J connectivity index is 2.07. The molecular weight excluding hydrogens is 214 g/mol. The van der Waals surface area contributed by atoms with Gasteiger partial charge in [0, 0.05) is 19.1 Å². The van der Waals surface area contributed by atoms with Gasteiger partial charge in [-0.1, -0.05) is 13.8 Å². The van der Waals surface area contributed by atoms with Gasteiger partial charge in [-0.25, -0.2) is 0 Å². The van der Waals surface area contributed by atoms with Crippen molar-refractivity contribution in [2.24, 2.45) is 5.92 Å². The molecule has 1 aliphatic heterocycles. The lowest BCUT2D eigenvalue weighted by molar-refractivity contribution is -0.122. The lowest BCUT2D eigenvalue weighted by Gasteiger charge is -2.20. The van der Waals surface area contributed by atoms with E-state index >= 15 is 0 Å². The van der Waals surface area contributed by atoms with E-state index in [1.54, 1.807) is 0 Å². The third kappa shape index (κ3) is 6.64. The van der Waals surface area contributed by atoms with E-state index in [1.807, 2.05) is 7.05 Å². The molecule has 0 spiro atoms. The summed E-state index contributed by atoms with van der Waals surface area (Å²) in [6.45, 7) is 7.74. The van der Waals surface area contributed by atoms with Crippen LogP contribution < -0.4 is 10.6 Å². The molecule has 2 N–H and O–H groups in total. The van der Waals surface area contributed by atoms with Crippen LogP contribution in [0.15, 0.2) is 0 Å². The fourth-order valence-electron chi connectivity index (χ4n) is 2.15. The van der Waals surface area contributed by atoms with Crippen molar-refractivity contribution in [2.45, 2.75) is 39.2 Å². The monoisotopic (exact) mass is 241 g/mol. The Morgan fingerprint density at radius 2 is 2.29 bits per heavy atom. The average Bonchev–Trinajstić information content (AvgIpc) is 2.69. The van der Waals surface area contributed by atoms with Crippen LogP contribution in [0, 0.1) is 5.92 Å². The Morgan fingerprint density at radius 3 is 2.88 bits per heavy atom. The molecule has 100 valence electrons. The molecule has 1 rings (SSSR count). The van der Waals surface area contributed by atoms with Crippen LogP contribution >= 0.6 is 0 Å². The van der Waals surface area contributed by atoms with Crippen molar-refractivity contribution < 1.29 is 4.79 Å². The number of rotatable bonds is 7. The number of nitrogens with zero attached hydrogens (tertiary/aromatic N) is 1. The van der Waals surface area contributed by atoms with Crippen LogP contribution in [0.3, 0.4) is 0 Å². The fraction of sp³-hybridized carbons (Fsp3) is 0.923. The minimum absolute atomic E-state index is 0.145. The van der Waals surface area contributed by atoms with Crippen LogP contribution in [0.25, 0.3) is 0 Å². The molecule has 1 aliphatic rings. The van der Waals surface area contributed by atoms with E-state index in [0.717, 1.165) is 26.1 Å². The van der Waals surface area contributed by atoms with Gasteiger partial charge in [0.1, 0.15) is 0 Å². The average molecular weight is 241 g/mol. The summed E-state index contributed by atoms with van der Waals surface area (Å²) in [5, 5.41) is 6.41. The van der Waals surface area contributed by atoms with Crippen LogP contribution in [0.2, 0.25) is 0 Å². The predicted molar refractivity (Wildman–Crippen MR) is 71.0 cm³/mol. The van der Waals surface area contributed by atoms with E-state index in [4.69, 9.17) is 0 Å². The zero-order chi connectivity index (χ0) is 12.7. The second-order valence-corrected chi connectivity index (χ2v) is 5.52. The van der Waals surface area contributed by atoms with Crippen molar-refractivity contribution in [1.82, 2.24) is 15.5 Å². The minimum atomic E-state index is 0.145. The van der Waals surface area contributed by atoms with Gasteiger partial charge in [0.05, 0.1) is 6.54 Å². The van der Waals surface area contributed by atoms with E-state index < -0.39 is 0 Å². The molecule has 4 heteroatoms. The highest BCUT2D eigenvalue weighted by Crippen LogP contribution is 2.05. The summed E-state index contributed by atoms with van der Waals surface area (Å²) in [6.07, 6.45) is 3.55. The summed E-state index contributed by atoms with van der Waals surface area (Å²) in [6, 6.07) is 0.573. The first-order chi connectivity index (χ1) is 8.08. The van der Waals surface area contributed by atoms with Gasteiger partial charge in [0.15, 0.2) is 0 Å². The van der Waals surface area contributed by atoms with Gasteiger partial charge in [-0.3, -0.25) is 9.69 Å². The van der Waals surface area contributed by atoms with Gasteiger partial charge in [0.2, 0.25) is 5.91 Å². The molecule has 17 heavy (non-hydrogen) atoms. The lowest BCUT2D eigenvalue weighted by Crippen LogP contribution is -2.41. The molecule has 0 aromatic carbocycles. The lowest BCUT2D eigenvalue weighted by atomic mass is 10.1. The molecule has 1 atom stereocenters. The van der Waals surface area contributed by atoms with Crippen LogP contribution in [-0.4, -0.2) is 50.1 Å². The van der Waals surface area contributed by atoms with Crippen molar-refractivity contribution in [1.29, 1.82) is 0 Å². The first-order valence-electron chi connectivity index (χ1n) is 6.76. The maximum atomic E-state index is 11.6. The standard InChI is InChI=1S/C13H27N3O/c1-11(2)6-8-15-13(17)10-16(3)9-12-5-4-7-14-12/h11-12,14H,4-10H2,1-3H3,(H,15,17). The fourth-order valence-corrected chi connectivity index (χ4v) is 2.15. The molecule has 1 heterocycles. The molecule has 0 aliphatic carbocycles. The van der Waals surface area contributed by atoms with Gasteiger partial charge in [0.25, 0.3) is 0 Å². The van der Waals surface area contributed by atoms with Crippen molar-refractivity contribution >= 4 is 5.91 Å². The number of carbonyl (C=O) groups is 1. The Hall–Kier alpha value is -0.610. The second kappa shape index (κ2) is 7.67. The highest BCUT2D eigenvalue weighted by atomic mass is 16.2. The summed E-state index contributed by atoms with van der Waals surface area (Å²) in [4.78, 5) is 13.7. The van der Waals surface area contributed by atoms with Gasteiger partial charge < -0.3 is 10.6 Å². The summed E-state index contributed by atoms with van der Waals surface area (Å²) in [5.74, 6) is 0.793. The Morgan fingerprint density at radius 1 is 1.53 bits per heavy atom. The Kier molecular flexibility index (Phi) is 6.52. The van der Waals surface area contributed by atoms with Gasteiger partial charge in [-0.05, 0) is 38.8 Å². The van der Waals surface area contributed by atoms with Crippen molar-refractivity contribution in [2.75, 3.05) is 33.2 Å². The molecule has 0 aromatic heterocycles. The maximum Gasteiger partial charge on any atom is 0.234 e. The number of hydrogen-bond donors (Lipinski definition) is 2. The molecule has 1 amide bonds. The van der Waals surface area contributed by atoms with Crippen molar-refractivity contribution in [3.63, 3.8) is 0 Å². The third-order valence-corrected chi connectivity index (χ3v) is 3.15. The summed E-state index contributed by atoms with van der Waals surface area (Å²) in [7, 11) is 2.02. The summed E-state index contributed by atoms with van der Waals surface area (Å²) >= 11 is 0. The highest BCUT2D eigenvalue weighted by molar-refractivity contribution is 5.77. The molecule has 0 radical (unpaired) electrons. The number of hydrogen-bond acceptors (Lipinski definition) is 3. The van der Waals surface area contributed by atoms with E-state index in [1.165, 1.54) is 12.8 Å². The molecule has 1 fully saturated rings. The van der Waals surface area contributed by atoms with E-state index in [-0.39, 0.29) is 5.91 Å². The minimum Gasteiger partial charge on any atom is -0.355 e. The van der Waals surface area contributed by atoms with Crippen LogP contribution in [-0.2, 0) is 4.79 Å². The van der Waals surface area contributed by atoms with E-state index in [0.29, 0.717) is 18.5 Å². The zero-order valence-electron chi connectivity index (χ0n) is 11.5. The van der Waals surface area contributed by atoms with Gasteiger partial charge in [-0.15, -0.1) is 0 Å². The van der Waals surface area contributed by atoms with Gasteiger partial charge >= 0.3 is 0 Å². The molecule has 0 aromatic rings. The molecular formula is C13H27N3O. The normalized spacial score (nSPS) is 20.2. The number of nitrogens with one attached hydrogen (secondary N) is 2. The highest BCUT2D eigenvalue weighted by Gasteiger charge is 2.16. The smallest absolute Gasteiger partial charge is 0.234 e. The molecule has 0 bridgehead atoms. The first kappa shape index (κ1) is 14.5. The predicted octanol–water partition coefficient (Wildman–Crippen LogP) is 0.833. The van der Waals surface area contributed by atoms with Gasteiger partial charge in [-0.2, -0.15) is 0 Å². The Labute approximate surface area is 105 Å². The zero-order valence-corrected chi connectivity index (χ0v) is 11.5. The van der Waals surface area contributed by atoms with E-state index in [2.05, 4.69) is 29.4 Å². The van der Waals surface area contributed by atoms with E-state index in [9.17, 15) is 4.79 Å². The SMILES string of the molecule is CC(C)CCNC(=O)CN(C)CC1CCCN1. The molecule has 0 saturated carbocycles. The largest absolute Gasteiger partial charge is 0.355 e. The van der Waals surface area contributed by atoms with Crippen molar-refractivity contribution in [3.05, 3.63) is 0 Å². The third-order valence-electron chi connectivity index (χ3n) is 3.15. The van der Waals surface area contributed by atoms with Crippen molar-refractivity contribution in [3.8, 4) is 0 Å². The first-order valence-corrected chi connectivity index (χ1v) is 6.76. The summed E-state index contributed by atoms with van der Waals surface area (Å²) in [5.41, 5.74) is 0. The number of likely N-dealkylation sites (N-methyl/N-ethyl adjacent to an activating group) is 1. The molecule has 4 nitrogen and oxygen atoms in total. The molecule has 1 unspecified atom stereocenters. The molecule has 1 saturated heterocycles. The summed E-state index contributed by atoms with van der Waals surface area (Å²) < 4.78 is 0. The van der Waals surface area contributed by atoms with Crippen LogP contribution in [0.1, 0.15) is 33.1 Å².